The molecule has 0 fully saturated rings. The second kappa shape index (κ2) is 2.79. The van der Waals surface area contributed by atoms with Gasteiger partial charge in [-0.25, -0.2) is 0 Å². The zero-order valence-corrected chi connectivity index (χ0v) is 6.33. The molecule has 0 unspecified atom stereocenters. The Labute approximate surface area is 72.5 Å². The number of rotatable bonds is 1. The highest BCUT2D eigenvalue weighted by atomic mass is 35.5. The largest absolute Gasteiger partial charge is 0.463 e. The highest BCUT2D eigenvalue weighted by molar-refractivity contribution is 6.28. The Morgan fingerprint density at radius 1 is 1.15 bits per heavy atom. The molecule has 0 aromatic carbocycles. The molecule has 1 aromatic heterocycles. The van der Waals surface area contributed by atoms with Crippen LogP contribution < -0.4 is 0 Å². The van der Waals surface area contributed by atoms with Crippen molar-refractivity contribution in [3.05, 3.63) is 11.2 Å². The second-order valence-corrected chi connectivity index (χ2v) is 2.28. The van der Waals surface area contributed by atoms with Gasteiger partial charge in [0, 0.05) is 0 Å². The molecule has 1 heterocycles. The Morgan fingerprint density at radius 2 is 1.69 bits per heavy atom. The fourth-order valence-corrected chi connectivity index (χ4v) is 0.566. The van der Waals surface area contributed by atoms with Crippen molar-refractivity contribution in [2.24, 2.45) is 0 Å². The van der Waals surface area contributed by atoms with Crippen LogP contribution in [-0.2, 0) is 5.92 Å². The molecule has 0 N–H and O–H groups in total. The van der Waals surface area contributed by atoms with Crippen molar-refractivity contribution < 1.29 is 26.5 Å². The Morgan fingerprint density at radius 3 is 2.00 bits per heavy atom. The van der Waals surface area contributed by atoms with Crippen LogP contribution >= 0.6 is 11.6 Å². The maximum Gasteiger partial charge on any atom is 0.463 e. The fraction of sp³-hybridized carbons (Fsp3) is 0.500. The van der Waals surface area contributed by atoms with Crippen molar-refractivity contribution in [1.29, 1.82) is 0 Å². The van der Waals surface area contributed by atoms with Gasteiger partial charge in [-0.05, 0) is 16.8 Å². The highest BCUT2D eigenvalue weighted by Crippen LogP contribution is 2.43. The van der Waals surface area contributed by atoms with E-state index in [0.717, 1.165) is 0 Å². The van der Waals surface area contributed by atoms with Crippen molar-refractivity contribution in [3.8, 4) is 0 Å². The van der Waals surface area contributed by atoms with Crippen LogP contribution in [0.2, 0.25) is 5.28 Å². The molecule has 0 spiro atoms. The van der Waals surface area contributed by atoms with E-state index in [-0.39, 0.29) is 0 Å². The fourth-order valence-electron chi connectivity index (χ4n) is 0.454. The monoisotopic (exact) mass is 222 g/mol. The number of nitrogens with zero attached hydrogens (tertiary/aromatic N) is 2. The molecule has 1 rings (SSSR count). The first-order chi connectivity index (χ1) is 5.75. The summed E-state index contributed by atoms with van der Waals surface area (Å²) in [5.41, 5.74) is 0. The van der Waals surface area contributed by atoms with Gasteiger partial charge >= 0.3 is 18.0 Å². The van der Waals surface area contributed by atoms with Crippen LogP contribution in [0.25, 0.3) is 0 Å². The lowest BCUT2D eigenvalue weighted by Gasteiger charge is -2.14. The third-order valence-electron chi connectivity index (χ3n) is 1.03. The van der Waals surface area contributed by atoms with Gasteiger partial charge in [0.05, 0.1) is 0 Å². The summed E-state index contributed by atoms with van der Waals surface area (Å²) in [7, 11) is 0. The third kappa shape index (κ3) is 1.71. The first kappa shape index (κ1) is 10.2. The summed E-state index contributed by atoms with van der Waals surface area (Å²) in [5.74, 6) is -7.04. The van der Waals surface area contributed by atoms with Crippen LogP contribution in [0.1, 0.15) is 5.89 Å². The van der Waals surface area contributed by atoms with Gasteiger partial charge < -0.3 is 4.52 Å². The van der Waals surface area contributed by atoms with E-state index in [1.54, 1.807) is 0 Å². The molecule has 1 aromatic rings. The van der Waals surface area contributed by atoms with Gasteiger partial charge in [0.25, 0.3) is 5.28 Å². The minimum atomic E-state index is -5.77. The van der Waals surface area contributed by atoms with Crippen molar-refractivity contribution >= 4 is 11.6 Å². The number of hydrogen-bond acceptors (Lipinski definition) is 3. The van der Waals surface area contributed by atoms with Gasteiger partial charge in [-0.3, -0.25) is 0 Å². The SMILES string of the molecule is FC(F)(F)C(F)(F)c1nc(Cl)no1. The molecular formula is C4ClF5N2O. The van der Waals surface area contributed by atoms with Crippen molar-refractivity contribution in [2.45, 2.75) is 12.1 Å². The molecule has 0 bridgehead atoms. The predicted molar refractivity (Wildman–Crippen MR) is 29.3 cm³/mol. The molecule has 13 heavy (non-hydrogen) atoms. The lowest BCUT2D eigenvalue weighted by atomic mass is 10.3. The van der Waals surface area contributed by atoms with Crippen LogP contribution in [0.4, 0.5) is 22.0 Å². The van der Waals surface area contributed by atoms with E-state index < -0.39 is 23.3 Å². The summed E-state index contributed by atoms with van der Waals surface area (Å²) in [4.78, 5) is 2.57. The molecule has 0 aliphatic carbocycles. The molecule has 0 aliphatic heterocycles. The predicted octanol–water partition coefficient (Wildman–Crippen LogP) is 2.38. The van der Waals surface area contributed by atoms with Gasteiger partial charge in [-0.15, -0.1) is 0 Å². The van der Waals surface area contributed by atoms with E-state index in [1.165, 1.54) is 0 Å². The minimum Gasteiger partial charge on any atom is -0.331 e. The number of aromatic nitrogens is 2. The van der Waals surface area contributed by atoms with Crippen LogP contribution in [-0.4, -0.2) is 16.3 Å². The van der Waals surface area contributed by atoms with E-state index in [2.05, 4.69) is 14.7 Å². The molecule has 0 aliphatic rings. The molecule has 0 atom stereocenters. The van der Waals surface area contributed by atoms with Gasteiger partial charge in [0.2, 0.25) is 0 Å². The molecular weight excluding hydrogens is 223 g/mol. The smallest absolute Gasteiger partial charge is 0.331 e. The van der Waals surface area contributed by atoms with E-state index in [9.17, 15) is 22.0 Å². The first-order valence-corrected chi connectivity index (χ1v) is 3.07. The van der Waals surface area contributed by atoms with Crippen molar-refractivity contribution in [3.63, 3.8) is 0 Å². The second-order valence-electron chi connectivity index (χ2n) is 1.94. The van der Waals surface area contributed by atoms with Gasteiger partial charge in [-0.1, -0.05) is 0 Å². The average molecular weight is 223 g/mol. The van der Waals surface area contributed by atoms with Crippen LogP contribution in [0.15, 0.2) is 4.52 Å². The zero-order chi connectivity index (χ0) is 10.3. The Balaban J connectivity index is 3.07. The lowest BCUT2D eigenvalue weighted by molar-refractivity contribution is -0.298. The molecule has 0 saturated heterocycles. The topological polar surface area (TPSA) is 38.9 Å². The van der Waals surface area contributed by atoms with E-state index >= 15 is 0 Å². The van der Waals surface area contributed by atoms with Crippen molar-refractivity contribution in [1.82, 2.24) is 10.1 Å². The number of halogens is 6. The Kier molecular flexibility index (Phi) is 2.18. The molecule has 0 saturated carbocycles. The average Bonchev–Trinajstić information content (AvgIpc) is 2.33. The number of hydrogen-bond donors (Lipinski definition) is 0. The normalized spacial score (nSPS) is 13.4. The summed E-state index contributed by atoms with van der Waals surface area (Å²) in [6, 6.07) is 0. The standard InChI is InChI=1S/C4ClF5N2O/c5-2-11-1(13-12-2)3(6,7)4(8,9)10. The third-order valence-corrected chi connectivity index (χ3v) is 1.18. The van der Waals surface area contributed by atoms with E-state index in [4.69, 9.17) is 11.6 Å². The zero-order valence-electron chi connectivity index (χ0n) is 5.57. The molecule has 0 amide bonds. The molecule has 3 nitrogen and oxygen atoms in total. The van der Waals surface area contributed by atoms with Crippen molar-refractivity contribution in [2.75, 3.05) is 0 Å². The summed E-state index contributed by atoms with van der Waals surface area (Å²) in [6.45, 7) is 0. The van der Waals surface area contributed by atoms with Crippen LogP contribution in [0.3, 0.4) is 0 Å². The van der Waals surface area contributed by atoms with Crippen LogP contribution in [0, 0.1) is 0 Å². The quantitative estimate of drug-likeness (QED) is 0.685. The summed E-state index contributed by atoms with van der Waals surface area (Å²) < 4.78 is 63.0. The Bertz CT molecular complexity index is 308. The summed E-state index contributed by atoms with van der Waals surface area (Å²) in [5, 5.41) is 1.79. The van der Waals surface area contributed by atoms with Gasteiger partial charge in [0.15, 0.2) is 0 Å². The maximum atomic E-state index is 12.3. The number of alkyl halides is 5. The minimum absolute atomic E-state index is 0.807. The Hall–Kier alpha value is -0.920. The maximum absolute atomic E-state index is 12.3. The first-order valence-electron chi connectivity index (χ1n) is 2.69. The highest BCUT2D eigenvalue weighted by Gasteiger charge is 2.63. The summed E-state index contributed by atoms with van der Waals surface area (Å²) >= 11 is 4.90. The van der Waals surface area contributed by atoms with E-state index in [0.29, 0.717) is 0 Å². The molecule has 0 radical (unpaired) electrons. The van der Waals surface area contributed by atoms with E-state index in [1.807, 2.05) is 0 Å². The summed E-state index contributed by atoms with van der Waals surface area (Å²) in [6.07, 6.45) is -5.77. The van der Waals surface area contributed by atoms with Gasteiger partial charge in [-0.2, -0.15) is 26.9 Å². The lowest BCUT2D eigenvalue weighted by Crippen LogP contribution is -2.33. The molecule has 9 heteroatoms. The molecule has 74 valence electrons. The van der Waals surface area contributed by atoms with Gasteiger partial charge in [0.1, 0.15) is 0 Å². The van der Waals surface area contributed by atoms with Crippen LogP contribution in [0.5, 0.6) is 0 Å².